The SMILES string of the molecule is C/C=C(\C=C/N)CNC=O. The van der Waals surface area contributed by atoms with E-state index in [0.717, 1.165) is 5.57 Å². The van der Waals surface area contributed by atoms with Crippen LogP contribution in [-0.2, 0) is 4.79 Å². The molecule has 0 aromatic carbocycles. The Morgan fingerprint density at radius 3 is 2.80 bits per heavy atom. The summed E-state index contributed by atoms with van der Waals surface area (Å²) in [6.07, 6.45) is 5.74. The van der Waals surface area contributed by atoms with Crippen molar-refractivity contribution in [2.45, 2.75) is 6.92 Å². The standard InChI is InChI=1S/C7H12N2O/c1-2-7(3-4-8)5-9-6-10/h2-4,6H,5,8H2,1H3,(H,9,10)/b4-3-,7-2+. The molecule has 0 saturated heterocycles. The van der Waals surface area contributed by atoms with Crippen molar-refractivity contribution in [3.63, 3.8) is 0 Å². The summed E-state index contributed by atoms with van der Waals surface area (Å²) < 4.78 is 0. The van der Waals surface area contributed by atoms with Crippen molar-refractivity contribution in [1.82, 2.24) is 5.32 Å². The average molecular weight is 140 g/mol. The molecule has 3 N–H and O–H groups in total. The second-order valence-corrected chi connectivity index (χ2v) is 1.72. The van der Waals surface area contributed by atoms with Gasteiger partial charge in [-0.3, -0.25) is 4.79 Å². The summed E-state index contributed by atoms with van der Waals surface area (Å²) in [5.74, 6) is 0. The second kappa shape index (κ2) is 5.88. The molecule has 0 saturated carbocycles. The molecule has 10 heavy (non-hydrogen) atoms. The lowest BCUT2D eigenvalue weighted by atomic mass is 10.2. The topological polar surface area (TPSA) is 55.1 Å². The molecule has 0 fully saturated rings. The van der Waals surface area contributed by atoms with Crippen molar-refractivity contribution in [2.75, 3.05) is 6.54 Å². The largest absolute Gasteiger partial charge is 0.405 e. The van der Waals surface area contributed by atoms with Crippen LogP contribution in [0.25, 0.3) is 0 Å². The summed E-state index contributed by atoms with van der Waals surface area (Å²) in [4.78, 5) is 9.84. The second-order valence-electron chi connectivity index (χ2n) is 1.72. The summed E-state index contributed by atoms with van der Waals surface area (Å²) in [5, 5.41) is 2.53. The van der Waals surface area contributed by atoms with Gasteiger partial charge in [0.15, 0.2) is 0 Å². The molecule has 0 unspecified atom stereocenters. The van der Waals surface area contributed by atoms with E-state index in [1.54, 1.807) is 6.08 Å². The van der Waals surface area contributed by atoms with Crippen molar-refractivity contribution in [3.8, 4) is 0 Å². The highest BCUT2D eigenvalue weighted by molar-refractivity contribution is 5.47. The van der Waals surface area contributed by atoms with Crippen molar-refractivity contribution >= 4 is 6.41 Å². The molecule has 3 nitrogen and oxygen atoms in total. The Bertz CT molecular complexity index is 150. The van der Waals surface area contributed by atoms with Crippen LogP contribution in [0.1, 0.15) is 6.92 Å². The van der Waals surface area contributed by atoms with Crippen LogP contribution in [0.15, 0.2) is 23.9 Å². The van der Waals surface area contributed by atoms with Gasteiger partial charge in [-0.25, -0.2) is 0 Å². The molecule has 0 aromatic heterocycles. The van der Waals surface area contributed by atoms with Gasteiger partial charge in [-0.05, 0) is 24.8 Å². The van der Waals surface area contributed by atoms with Gasteiger partial charge in [0.05, 0.1) is 0 Å². The van der Waals surface area contributed by atoms with Gasteiger partial charge in [-0.15, -0.1) is 0 Å². The van der Waals surface area contributed by atoms with E-state index in [1.165, 1.54) is 6.20 Å². The zero-order chi connectivity index (χ0) is 7.82. The molecule has 0 aliphatic carbocycles. The van der Waals surface area contributed by atoms with Gasteiger partial charge in [0.25, 0.3) is 0 Å². The maximum atomic E-state index is 9.84. The van der Waals surface area contributed by atoms with E-state index in [9.17, 15) is 4.79 Å². The van der Waals surface area contributed by atoms with Crippen molar-refractivity contribution < 1.29 is 4.79 Å². The lowest BCUT2D eigenvalue weighted by Gasteiger charge is -1.97. The Morgan fingerprint density at radius 2 is 2.40 bits per heavy atom. The minimum Gasteiger partial charge on any atom is -0.405 e. The number of allylic oxidation sites excluding steroid dienone is 1. The summed E-state index contributed by atoms with van der Waals surface area (Å²) >= 11 is 0. The minimum absolute atomic E-state index is 0.535. The van der Waals surface area contributed by atoms with E-state index in [2.05, 4.69) is 5.32 Å². The number of carbonyl (C=O) groups excluding carboxylic acids is 1. The molecule has 0 radical (unpaired) electrons. The van der Waals surface area contributed by atoms with E-state index >= 15 is 0 Å². The molecule has 3 heteroatoms. The molecule has 0 bridgehead atoms. The first-order valence-electron chi connectivity index (χ1n) is 3.05. The number of carbonyl (C=O) groups is 1. The van der Waals surface area contributed by atoms with E-state index in [0.29, 0.717) is 13.0 Å². The molecule has 0 atom stereocenters. The van der Waals surface area contributed by atoms with Crippen LogP contribution < -0.4 is 11.1 Å². The fourth-order valence-electron chi connectivity index (χ4n) is 0.540. The number of rotatable bonds is 4. The Kier molecular flexibility index (Phi) is 5.14. The van der Waals surface area contributed by atoms with E-state index in [1.807, 2.05) is 13.0 Å². The maximum Gasteiger partial charge on any atom is 0.207 e. The van der Waals surface area contributed by atoms with Crippen LogP contribution in [0, 0.1) is 0 Å². The Balaban J connectivity index is 3.73. The summed E-state index contributed by atoms with van der Waals surface area (Å²) in [6.45, 7) is 2.43. The molecule has 0 aliphatic heterocycles. The quantitative estimate of drug-likeness (QED) is 0.431. The lowest BCUT2D eigenvalue weighted by molar-refractivity contribution is -0.109. The first-order valence-corrected chi connectivity index (χ1v) is 3.05. The van der Waals surface area contributed by atoms with Gasteiger partial charge in [-0.2, -0.15) is 0 Å². The third kappa shape index (κ3) is 3.72. The molecular weight excluding hydrogens is 128 g/mol. The minimum atomic E-state index is 0.535. The predicted octanol–water partition coefficient (Wildman–Crippen LogP) is 0.151. The van der Waals surface area contributed by atoms with E-state index in [-0.39, 0.29) is 0 Å². The average Bonchev–Trinajstić information content (AvgIpc) is 1.98. The Morgan fingerprint density at radius 1 is 1.70 bits per heavy atom. The van der Waals surface area contributed by atoms with Crippen LogP contribution in [0.3, 0.4) is 0 Å². The zero-order valence-electron chi connectivity index (χ0n) is 6.00. The van der Waals surface area contributed by atoms with Crippen molar-refractivity contribution in [3.05, 3.63) is 23.9 Å². The number of amides is 1. The summed E-state index contributed by atoms with van der Waals surface area (Å²) in [7, 11) is 0. The third-order valence-corrected chi connectivity index (χ3v) is 1.07. The highest BCUT2D eigenvalue weighted by Gasteiger charge is 1.86. The highest BCUT2D eigenvalue weighted by Crippen LogP contribution is 1.91. The molecule has 0 heterocycles. The lowest BCUT2D eigenvalue weighted by Crippen LogP contribution is -2.13. The molecule has 0 rings (SSSR count). The molecule has 0 aliphatic rings. The molecule has 0 aromatic rings. The van der Waals surface area contributed by atoms with Crippen LogP contribution in [0.5, 0.6) is 0 Å². The fraction of sp³-hybridized carbons (Fsp3) is 0.286. The normalized spacial score (nSPS) is 11.9. The van der Waals surface area contributed by atoms with Gasteiger partial charge in [0.1, 0.15) is 0 Å². The predicted molar refractivity (Wildman–Crippen MR) is 41.2 cm³/mol. The van der Waals surface area contributed by atoms with E-state index in [4.69, 9.17) is 5.73 Å². The van der Waals surface area contributed by atoms with Gasteiger partial charge in [-0.1, -0.05) is 6.08 Å². The van der Waals surface area contributed by atoms with Crippen LogP contribution in [-0.4, -0.2) is 13.0 Å². The van der Waals surface area contributed by atoms with Gasteiger partial charge in [0, 0.05) is 6.54 Å². The van der Waals surface area contributed by atoms with Crippen LogP contribution >= 0.6 is 0 Å². The Hall–Kier alpha value is -1.25. The number of hydrogen-bond acceptors (Lipinski definition) is 2. The molecule has 0 spiro atoms. The monoisotopic (exact) mass is 140 g/mol. The van der Waals surface area contributed by atoms with Gasteiger partial charge >= 0.3 is 0 Å². The summed E-state index contributed by atoms with van der Waals surface area (Å²) in [5.41, 5.74) is 6.13. The highest BCUT2D eigenvalue weighted by atomic mass is 16.1. The van der Waals surface area contributed by atoms with Crippen molar-refractivity contribution in [1.29, 1.82) is 0 Å². The first kappa shape index (κ1) is 8.75. The van der Waals surface area contributed by atoms with Crippen LogP contribution in [0.4, 0.5) is 0 Å². The summed E-state index contributed by atoms with van der Waals surface area (Å²) in [6, 6.07) is 0. The smallest absolute Gasteiger partial charge is 0.207 e. The Labute approximate surface area is 60.6 Å². The third-order valence-electron chi connectivity index (χ3n) is 1.07. The van der Waals surface area contributed by atoms with Gasteiger partial charge in [0.2, 0.25) is 6.41 Å². The van der Waals surface area contributed by atoms with Gasteiger partial charge < -0.3 is 11.1 Å². The van der Waals surface area contributed by atoms with E-state index < -0.39 is 0 Å². The number of nitrogens with two attached hydrogens (primary N) is 1. The van der Waals surface area contributed by atoms with Crippen LogP contribution in [0.2, 0.25) is 0 Å². The number of hydrogen-bond donors (Lipinski definition) is 2. The zero-order valence-corrected chi connectivity index (χ0v) is 6.00. The molecular formula is C7H12N2O. The number of nitrogens with one attached hydrogen (secondary N) is 1. The molecule has 1 amide bonds. The van der Waals surface area contributed by atoms with Crippen molar-refractivity contribution in [2.24, 2.45) is 5.73 Å². The first-order chi connectivity index (χ1) is 4.85. The molecule has 56 valence electrons. The maximum absolute atomic E-state index is 9.84. The fourth-order valence-corrected chi connectivity index (χ4v) is 0.540.